The van der Waals surface area contributed by atoms with Crippen LogP contribution in [0.2, 0.25) is 0 Å². The van der Waals surface area contributed by atoms with Gasteiger partial charge in [-0.25, -0.2) is 0 Å². The Balaban J connectivity index is 1.80. The highest BCUT2D eigenvalue weighted by molar-refractivity contribution is 4.65. The van der Waals surface area contributed by atoms with Gasteiger partial charge in [0.25, 0.3) is 0 Å². The van der Waals surface area contributed by atoms with Gasteiger partial charge in [0.05, 0.1) is 13.2 Å². The monoisotopic (exact) mass is 344 g/mol. The van der Waals surface area contributed by atoms with Crippen molar-refractivity contribution < 1.29 is 19.3 Å². The predicted molar refractivity (Wildman–Crippen MR) is 98.2 cm³/mol. The predicted octanol–water partition coefficient (Wildman–Crippen LogP) is 4.83. The number of aliphatic hydroxyl groups excluding tert-OH is 1. The van der Waals surface area contributed by atoms with Crippen molar-refractivity contribution in [2.24, 2.45) is 0 Å². The minimum absolute atomic E-state index is 0.0324. The van der Waals surface area contributed by atoms with E-state index in [1.54, 1.807) is 0 Å². The SMILES string of the molecule is CCCCCCCCCCCCCC1OCC(COCCCO)O1. The smallest absolute Gasteiger partial charge is 0.158 e. The molecule has 0 aromatic carbocycles. The molecule has 4 heteroatoms. The van der Waals surface area contributed by atoms with Crippen molar-refractivity contribution in [1.29, 1.82) is 0 Å². The van der Waals surface area contributed by atoms with Crippen molar-refractivity contribution in [3.05, 3.63) is 0 Å². The van der Waals surface area contributed by atoms with Crippen LogP contribution >= 0.6 is 0 Å². The van der Waals surface area contributed by atoms with Gasteiger partial charge in [-0.05, 0) is 19.3 Å². The zero-order valence-corrected chi connectivity index (χ0v) is 15.8. The van der Waals surface area contributed by atoms with Crippen molar-refractivity contribution in [2.45, 2.75) is 103 Å². The second-order valence-corrected chi connectivity index (χ2v) is 7.00. The van der Waals surface area contributed by atoms with Crippen LogP contribution in [-0.2, 0) is 14.2 Å². The first-order valence-corrected chi connectivity index (χ1v) is 10.3. The lowest BCUT2D eigenvalue weighted by Crippen LogP contribution is -2.19. The molecule has 2 unspecified atom stereocenters. The van der Waals surface area contributed by atoms with E-state index in [0.717, 1.165) is 6.42 Å². The van der Waals surface area contributed by atoms with E-state index in [-0.39, 0.29) is 19.0 Å². The highest BCUT2D eigenvalue weighted by Crippen LogP contribution is 2.19. The topological polar surface area (TPSA) is 47.9 Å². The molecule has 0 amide bonds. The lowest BCUT2D eigenvalue weighted by Gasteiger charge is -2.11. The van der Waals surface area contributed by atoms with Gasteiger partial charge in [0, 0.05) is 13.2 Å². The molecule has 144 valence electrons. The molecule has 0 aromatic rings. The molecule has 1 N–H and O–H groups in total. The van der Waals surface area contributed by atoms with E-state index in [1.165, 1.54) is 70.6 Å². The fraction of sp³-hybridized carbons (Fsp3) is 1.00. The van der Waals surface area contributed by atoms with Gasteiger partial charge in [0.1, 0.15) is 6.10 Å². The van der Waals surface area contributed by atoms with Crippen molar-refractivity contribution in [2.75, 3.05) is 26.4 Å². The minimum Gasteiger partial charge on any atom is -0.396 e. The Bertz CT molecular complexity index is 260. The molecular weight excluding hydrogens is 304 g/mol. The maximum absolute atomic E-state index is 8.70. The Morgan fingerprint density at radius 1 is 0.875 bits per heavy atom. The summed E-state index contributed by atoms with van der Waals surface area (Å²) >= 11 is 0. The minimum atomic E-state index is -0.0324. The Labute approximate surface area is 149 Å². The van der Waals surface area contributed by atoms with Gasteiger partial charge in [0.15, 0.2) is 6.29 Å². The maximum Gasteiger partial charge on any atom is 0.158 e. The van der Waals surface area contributed by atoms with E-state index >= 15 is 0 Å². The van der Waals surface area contributed by atoms with E-state index in [1.807, 2.05) is 0 Å². The number of rotatable bonds is 17. The molecule has 1 aliphatic heterocycles. The Hall–Kier alpha value is -0.160. The van der Waals surface area contributed by atoms with Crippen LogP contribution < -0.4 is 0 Å². The van der Waals surface area contributed by atoms with Crippen LogP contribution in [0.1, 0.15) is 90.4 Å². The first-order valence-electron chi connectivity index (χ1n) is 10.3. The molecule has 1 heterocycles. The average molecular weight is 345 g/mol. The van der Waals surface area contributed by atoms with Crippen molar-refractivity contribution >= 4 is 0 Å². The van der Waals surface area contributed by atoms with Gasteiger partial charge in [-0.3, -0.25) is 0 Å². The Morgan fingerprint density at radius 2 is 1.50 bits per heavy atom. The number of hydrogen-bond donors (Lipinski definition) is 1. The van der Waals surface area contributed by atoms with Crippen LogP contribution in [0.3, 0.4) is 0 Å². The zero-order valence-electron chi connectivity index (χ0n) is 15.8. The summed E-state index contributed by atoms with van der Waals surface area (Å²) in [7, 11) is 0. The third-order valence-electron chi connectivity index (χ3n) is 4.61. The summed E-state index contributed by atoms with van der Waals surface area (Å²) in [5.74, 6) is 0. The highest BCUT2D eigenvalue weighted by atomic mass is 16.7. The van der Waals surface area contributed by atoms with Gasteiger partial charge in [-0.15, -0.1) is 0 Å². The van der Waals surface area contributed by atoms with Crippen molar-refractivity contribution in [1.82, 2.24) is 0 Å². The average Bonchev–Trinajstić information content (AvgIpc) is 3.04. The largest absolute Gasteiger partial charge is 0.396 e. The molecule has 0 saturated carbocycles. The van der Waals surface area contributed by atoms with Gasteiger partial charge < -0.3 is 19.3 Å². The van der Waals surface area contributed by atoms with Gasteiger partial charge in [-0.1, -0.05) is 71.1 Å². The quantitative estimate of drug-likeness (QED) is 0.384. The molecule has 4 nitrogen and oxygen atoms in total. The lowest BCUT2D eigenvalue weighted by atomic mass is 10.1. The first kappa shape index (κ1) is 21.9. The van der Waals surface area contributed by atoms with Crippen LogP contribution in [0.25, 0.3) is 0 Å². The first-order chi connectivity index (χ1) is 11.9. The fourth-order valence-electron chi connectivity index (χ4n) is 3.10. The molecule has 24 heavy (non-hydrogen) atoms. The summed E-state index contributed by atoms with van der Waals surface area (Å²) < 4.78 is 16.9. The van der Waals surface area contributed by atoms with Gasteiger partial charge in [0.2, 0.25) is 0 Å². The fourth-order valence-corrected chi connectivity index (χ4v) is 3.10. The molecule has 0 spiro atoms. The summed E-state index contributed by atoms with van der Waals surface area (Å²) in [6.45, 7) is 4.27. The van der Waals surface area contributed by atoms with E-state index in [9.17, 15) is 0 Å². The third-order valence-corrected chi connectivity index (χ3v) is 4.61. The number of ether oxygens (including phenoxy) is 3. The lowest BCUT2D eigenvalue weighted by molar-refractivity contribution is -0.0763. The molecular formula is C20H40O4. The van der Waals surface area contributed by atoms with E-state index in [0.29, 0.717) is 26.2 Å². The number of hydrogen-bond acceptors (Lipinski definition) is 4. The maximum atomic E-state index is 8.70. The van der Waals surface area contributed by atoms with Gasteiger partial charge in [-0.2, -0.15) is 0 Å². The van der Waals surface area contributed by atoms with Crippen molar-refractivity contribution in [3.63, 3.8) is 0 Å². The number of unbranched alkanes of at least 4 members (excludes halogenated alkanes) is 10. The zero-order chi connectivity index (χ0) is 17.3. The Kier molecular flexibility index (Phi) is 14.9. The summed E-state index contributed by atoms with van der Waals surface area (Å²) in [6, 6.07) is 0. The summed E-state index contributed by atoms with van der Waals surface area (Å²) in [4.78, 5) is 0. The highest BCUT2D eigenvalue weighted by Gasteiger charge is 2.25. The van der Waals surface area contributed by atoms with E-state index < -0.39 is 0 Å². The summed E-state index contributed by atoms with van der Waals surface area (Å²) in [5, 5.41) is 8.70. The normalized spacial score (nSPS) is 20.8. The van der Waals surface area contributed by atoms with Crippen molar-refractivity contribution in [3.8, 4) is 0 Å². The standard InChI is InChI=1S/C20H40O4/c1-2-3-4-5-6-7-8-9-10-11-12-14-20-23-18-19(24-20)17-22-16-13-15-21/h19-21H,2-18H2,1H3. The third kappa shape index (κ3) is 12.2. The molecule has 0 aliphatic carbocycles. The van der Waals surface area contributed by atoms with Crippen LogP contribution in [0.4, 0.5) is 0 Å². The van der Waals surface area contributed by atoms with E-state index in [2.05, 4.69) is 6.92 Å². The summed E-state index contributed by atoms with van der Waals surface area (Å²) in [6.07, 6.45) is 16.8. The van der Waals surface area contributed by atoms with Gasteiger partial charge >= 0.3 is 0 Å². The Morgan fingerprint density at radius 3 is 2.12 bits per heavy atom. The van der Waals surface area contributed by atoms with Crippen LogP contribution in [0.5, 0.6) is 0 Å². The van der Waals surface area contributed by atoms with Crippen LogP contribution in [0.15, 0.2) is 0 Å². The van der Waals surface area contributed by atoms with Crippen LogP contribution in [-0.4, -0.2) is 43.9 Å². The molecule has 1 fully saturated rings. The molecule has 2 atom stereocenters. The second kappa shape index (κ2) is 16.3. The molecule has 0 aromatic heterocycles. The van der Waals surface area contributed by atoms with Crippen LogP contribution in [0, 0.1) is 0 Å². The molecule has 0 bridgehead atoms. The molecule has 0 radical (unpaired) electrons. The van der Waals surface area contributed by atoms with E-state index in [4.69, 9.17) is 19.3 Å². The second-order valence-electron chi connectivity index (χ2n) is 7.00. The molecule has 1 rings (SSSR count). The molecule has 1 aliphatic rings. The number of aliphatic hydroxyl groups is 1. The molecule has 1 saturated heterocycles. The summed E-state index contributed by atoms with van der Waals surface area (Å²) in [5.41, 5.74) is 0.